The van der Waals surface area contributed by atoms with Gasteiger partial charge in [-0.3, -0.25) is 19.3 Å². The molecule has 0 spiro atoms. The van der Waals surface area contributed by atoms with E-state index >= 15 is 0 Å². The van der Waals surface area contributed by atoms with Gasteiger partial charge in [0.05, 0.1) is 34.3 Å². The minimum Gasteiger partial charge on any atom is -0.454 e. The molecule has 0 bridgehead atoms. The van der Waals surface area contributed by atoms with Crippen molar-refractivity contribution in [2.75, 3.05) is 11.5 Å². The first-order valence-corrected chi connectivity index (χ1v) is 17.1. The van der Waals surface area contributed by atoms with Crippen LogP contribution >= 0.6 is 31.9 Å². The molecule has 0 radical (unpaired) electrons. The molecule has 7 rings (SSSR count). The van der Waals surface area contributed by atoms with Crippen LogP contribution in [0.1, 0.15) is 33.6 Å². The van der Waals surface area contributed by atoms with Gasteiger partial charge in [-0.1, -0.05) is 117 Å². The number of ketones is 1. The van der Waals surface area contributed by atoms with Crippen molar-refractivity contribution in [3.05, 3.63) is 120 Å². The molecular formula is C38H28Br2N2O5. The highest BCUT2D eigenvalue weighted by molar-refractivity contribution is 9.12. The van der Waals surface area contributed by atoms with Crippen molar-refractivity contribution in [1.82, 2.24) is 4.98 Å². The van der Waals surface area contributed by atoms with Gasteiger partial charge >= 0.3 is 5.97 Å². The van der Waals surface area contributed by atoms with Gasteiger partial charge in [-0.2, -0.15) is 0 Å². The van der Waals surface area contributed by atoms with Gasteiger partial charge in [-0.25, -0.2) is 9.78 Å². The summed E-state index contributed by atoms with van der Waals surface area (Å²) in [6.45, 7) is -0.407. The number of rotatable bonds is 7. The van der Waals surface area contributed by atoms with Crippen LogP contribution in [0.3, 0.4) is 0 Å². The number of hydrogen-bond acceptors (Lipinski definition) is 6. The zero-order chi connectivity index (χ0) is 32.7. The van der Waals surface area contributed by atoms with Crippen molar-refractivity contribution in [3.63, 3.8) is 0 Å². The molecule has 2 fully saturated rings. The second-order valence-electron chi connectivity index (χ2n) is 11.8. The average molecular weight is 752 g/mol. The van der Waals surface area contributed by atoms with E-state index in [0.29, 0.717) is 46.3 Å². The molecule has 1 aliphatic carbocycles. The number of imide groups is 1. The Kier molecular flexibility index (Phi) is 8.59. The summed E-state index contributed by atoms with van der Waals surface area (Å²) < 4.78 is 5.53. The Morgan fingerprint density at radius 2 is 1.30 bits per heavy atom. The predicted molar refractivity (Wildman–Crippen MR) is 188 cm³/mol. The maximum absolute atomic E-state index is 13.4. The number of hydrogen-bond donors (Lipinski definition) is 0. The molecule has 1 aromatic heterocycles. The lowest BCUT2D eigenvalue weighted by molar-refractivity contribution is -0.122. The lowest BCUT2D eigenvalue weighted by Gasteiger charge is -2.29. The second-order valence-corrected chi connectivity index (χ2v) is 14.1. The van der Waals surface area contributed by atoms with E-state index in [-0.39, 0.29) is 44.7 Å². The van der Waals surface area contributed by atoms with Crippen LogP contribution in [-0.2, 0) is 14.3 Å². The summed E-state index contributed by atoms with van der Waals surface area (Å²) in [5, 5.41) is 0.601. The first-order chi connectivity index (χ1) is 22.8. The highest BCUT2D eigenvalue weighted by Gasteiger charge is 2.52. The fourth-order valence-corrected chi connectivity index (χ4v) is 7.63. The molecule has 1 aliphatic heterocycles. The number of aromatic nitrogens is 1. The van der Waals surface area contributed by atoms with Gasteiger partial charge in [0.25, 0.3) is 0 Å². The number of carbonyl (C=O) groups is 4. The number of carbonyl (C=O) groups excluding carboxylic acids is 4. The number of halogens is 2. The van der Waals surface area contributed by atoms with E-state index in [1.807, 2.05) is 54.6 Å². The predicted octanol–water partition coefficient (Wildman–Crippen LogP) is 8.03. The first kappa shape index (κ1) is 31.1. The molecule has 9 heteroatoms. The molecule has 4 atom stereocenters. The zero-order valence-corrected chi connectivity index (χ0v) is 28.2. The van der Waals surface area contributed by atoms with E-state index in [0.717, 1.165) is 11.1 Å². The third kappa shape index (κ3) is 6.05. The molecule has 4 unspecified atom stereocenters. The Morgan fingerprint density at radius 1 is 0.723 bits per heavy atom. The summed E-state index contributed by atoms with van der Waals surface area (Å²) in [4.78, 5) is 59.2. The topological polar surface area (TPSA) is 93.6 Å². The Balaban J connectivity index is 1.09. The van der Waals surface area contributed by atoms with E-state index < -0.39 is 12.6 Å². The van der Waals surface area contributed by atoms with Gasteiger partial charge in [0.15, 0.2) is 12.4 Å². The van der Waals surface area contributed by atoms with Crippen LogP contribution in [-0.4, -0.2) is 44.8 Å². The van der Waals surface area contributed by atoms with E-state index in [1.165, 1.54) is 4.90 Å². The number of fused-ring (bicyclic) bond motifs is 2. The number of benzene rings is 4. The van der Waals surface area contributed by atoms with Crippen LogP contribution in [0.15, 0.2) is 109 Å². The number of ether oxygens (including phenoxy) is 1. The van der Waals surface area contributed by atoms with E-state index in [1.54, 1.807) is 54.6 Å². The fraction of sp³-hybridized carbons (Fsp3) is 0.184. The highest BCUT2D eigenvalue weighted by Crippen LogP contribution is 2.44. The maximum Gasteiger partial charge on any atom is 0.339 e. The number of anilines is 1. The van der Waals surface area contributed by atoms with Crippen LogP contribution in [0.4, 0.5) is 5.69 Å². The number of esters is 1. The Hall–Kier alpha value is -4.47. The summed E-state index contributed by atoms with van der Waals surface area (Å²) in [6.07, 6.45) is 1.21. The fourth-order valence-electron chi connectivity index (χ4n) is 6.39. The van der Waals surface area contributed by atoms with Crippen molar-refractivity contribution in [3.8, 4) is 22.4 Å². The molecule has 47 heavy (non-hydrogen) atoms. The van der Waals surface area contributed by atoms with Gasteiger partial charge < -0.3 is 4.74 Å². The highest BCUT2D eigenvalue weighted by atomic mass is 79.9. The Bertz CT molecular complexity index is 1990. The first-order valence-electron chi connectivity index (χ1n) is 15.3. The third-order valence-electron chi connectivity index (χ3n) is 8.92. The quantitative estimate of drug-likeness (QED) is 0.0724. The minimum atomic E-state index is -0.637. The van der Waals surface area contributed by atoms with Gasteiger partial charge in [0.1, 0.15) is 0 Å². The Labute approximate surface area is 288 Å². The molecule has 2 amide bonds. The molecule has 1 saturated heterocycles. The van der Waals surface area contributed by atoms with Crippen molar-refractivity contribution in [2.24, 2.45) is 11.8 Å². The normalized spacial score (nSPS) is 20.7. The van der Waals surface area contributed by atoms with E-state index in [4.69, 9.17) is 9.72 Å². The van der Waals surface area contributed by atoms with Crippen molar-refractivity contribution in [1.29, 1.82) is 0 Å². The molecule has 5 aromatic rings. The molecule has 7 nitrogen and oxygen atoms in total. The molecule has 234 valence electrons. The van der Waals surface area contributed by atoms with Gasteiger partial charge in [-0.05, 0) is 48.2 Å². The van der Waals surface area contributed by atoms with E-state index in [9.17, 15) is 19.2 Å². The molecule has 4 aromatic carbocycles. The van der Waals surface area contributed by atoms with Crippen molar-refractivity contribution in [2.45, 2.75) is 22.5 Å². The smallest absolute Gasteiger partial charge is 0.339 e. The lowest BCUT2D eigenvalue weighted by Crippen LogP contribution is -2.34. The van der Waals surface area contributed by atoms with Crippen LogP contribution < -0.4 is 4.90 Å². The number of pyridine rings is 1. The lowest BCUT2D eigenvalue weighted by atomic mass is 9.81. The summed E-state index contributed by atoms with van der Waals surface area (Å²) in [5.41, 5.74) is 5.07. The van der Waals surface area contributed by atoms with Gasteiger partial charge in [0.2, 0.25) is 11.8 Å². The maximum atomic E-state index is 13.4. The van der Waals surface area contributed by atoms with E-state index in [2.05, 4.69) is 31.9 Å². The van der Waals surface area contributed by atoms with Crippen LogP contribution in [0, 0.1) is 11.8 Å². The average Bonchev–Trinajstić information content (AvgIpc) is 3.34. The second kappa shape index (κ2) is 13.0. The van der Waals surface area contributed by atoms with Crippen LogP contribution in [0.2, 0.25) is 0 Å². The van der Waals surface area contributed by atoms with Crippen LogP contribution in [0.5, 0.6) is 0 Å². The largest absolute Gasteiger partial charge is 0.454 e. The van der Waals surface area contributed by atoms with Gasteiger partial charge in [-0.15, -0.1) is 0 Å². The number of Topliss-reactive ketones (excluding diaryl/α,β-unsaturated/α-hetero) is 1. The summed E-state index contributed by atoms with van der Waals surface area (Å²) >= 11 is 7.27. The summed E-state index contributed by atoms with van der Waals surface area (Å²) in [6, 6.07) is 33.0. The van der Waals surface area contributed by atoms with Crippen LogP contribution in [0.25, 0.3) is 33.3 Å². The molecule has 2 heterocycles. The van der Waals surface area contributed by atoms with Crippen molar-refractivity contribution >= 4 is 72.0 Å². The Morgan fingerprint density at radius 3 is 1.96 bits per heavy atom. The number of nitrogens with zero attached hydrogens (tertiary/aromatic N) is 2. The number of alkyl halides is 2. The zero-order valence-electron chi connectivity index (χ0n) is 25.0. The van der Waals surface area contributed by atoms with Gasteiger partial charge in [0, 0.05) is 26.2 Å². The SMILES string of the molecule is O=C(COC(=O)c1cc(-c2ccc(N3C(=O)C4CC(Br)C(Br)CC4C3=O)cc2)nc2ccccc12)c1ccc(-c2ccccc2)cc1. The number of amides is 2. The van der Waals surface area contributed by atoms with Crippen molar-refractivity contribution < 1.29 is 23.9 Å². The molecule has 0 N–H and O–H groups in total. The summed E-state index contributed by atoms with van der Waals surface area (Å²) in [5.74, 6) is -1.97. The minimum absolute atomic E-state index is 0.132. The summed E-state index contributed by atoms with van der Waals surface area (Å²) in [7, 11) is 0. The standard InChI is InChI=1S/C38H28Br2N2O5/c39-31-18-28-29(19-32(31)40)37(45)42(36(28)44)26-16-14-24(15-17-26)34-20-30(27-8-4-5-9-33(27)41-34)38(46)47-21-35(43)25-12-10-23(11-13-25)22-6-2-1-3-7-22/h1-17,20,28-29,31-32H,18-19,21H2. The monoisotopic (exact) mass is 750 g/mol. The molecule has 1 saturated carbocycles. The molecule has 2 aliphatic rings. The third-order valence-corrected chi connectivity index (χ3v) is 11.7. The molecular weight excluding hydrogens is 724 g/mol. The number of para-hydroxylation sites is 1.